The summed E-state index contributed by atoms with van der Waals surface area (Å²) in [6.45, 7) is -2.34. The number of rotatable bonds is 6. The molecule has 0 unspecified atom stereocenters. The number of carbonyl (C=O) groups excluding carboxylic acids is 1. The molecule has 2 aromatic carbocycles. The highest BCUT2D eigenvalue weighted by atomic mass is 127. The minimum absolute atomic E-state index is 0.185. The molecular weight excluding hydrogens is 543 g/mol. The van der Waals surface area contributed by atoms with Crippen molar-refractivity contribution in [3.05, 3.63) is 56.9 Å². The van der Waals surface area contributed by atoms with Gasteiger partial charge in [0, 0.05) is 10.1 Å². The van der Waals surface area contributed by atoms with Gasteiger partial charge < -0.3 is 20.6 Å². The quantitative estimate of drug-likeness (QED) is 0.373. The lowest BCUT2D eigenvalue weighted by atomic mass is 9.92. The van der Waals surface area contributed by atoms with Crippen molar-refractivity contribution < 1.29 is 36.2 Å². The summed E-state index contributed by atoms with van der Waals surface area (Å²) in [5, 5.41) is 14.7. The number of nitrogens with one attached hydrogen (secondary N) is 2. The maximum absolute atomic E-state index is 14.4. The smallest absolute Gasteiger partial charge is 0.385 e. The molecular formula is C19H16F6IN3O2. The Morgan fingerprint density at radius 1 is 1.13 bits per heavy atom. The van der Waals surface area contributed by atoms with Gasteiger partial charge in [-0.1, -0.05) is 0 Å². The summed E-state index contributed by atoms with van der Waals surface area (Å²) in [6, 6.07) is 5.71. The maximum atomic E-state index is 14.4. The van der Waals surface area contributed by atoms with Gasteiger partial charge in [0.25, 0.3) is 5.91 Å². The van der Waals surface area contributed by atoms with E-state index >= 15 is 0 Å². The third kappa shape index (κ3) is 5.60. The molecule has 0 aromatic heterocycles. The fourth-order valence-corrected chi connectivity index (χ4v) is 3.56. The molecule has 3 rings (SSSR count). The monoisotopic (exact) mass is 559 g/mol. The minimum Gasteiger partial charge on any atom is -0.385 e. The lowest BCUT2D eigenvalue weighted by molar-refractivity contribution is -0.131. The number of likely N-dealkylation sites (tertiary alicyclic amines) is 1. The number of aliphatic hydroxyl groups is 1. The van der Waals surface area contributed by atoms with Crippen LogP contribution in [0.25, 0.3) is 0 Å². The van der Waals surface area contributed by atoms with E-state index in [2.05, 4.69) is 10.6 Å². The molecule has 12 heteroatoms. The molecule has 1 saturated heterocycles. The molecule has 31 heavy (non-hydrogen) atoms. The number of halogens is 7. The van der Waals surface area contributed by atoms with E-state index in [4.69, 9.17) is 0 Å². The standard InChI is InChI=1S/C19H16F6IN3O2/c20-12-3-2-11(16(15(12)22)28-14-4-1-10(26)5-13(14)21)17(30)29-8-18(31,9-29)6-27-7-19(23,24)25/h1-5,27-28,31H,6-9H2. The van der Waals surface area contributed by atoms with Crippen LogP contribution in [0.5, 0.6) is 0 Å². The van der Waals surface area contributed by atoms with Crippen LogP contribution in [-0.4, -0.2) is 53.9 Å². The predicted octanol–water partition coefficient (Wildman–Crippen LogP) is 3.79. The normalized spacial score (nSPS) is 15.5. The van der Waals surface area contributed by atoms with Gasteiger partial charge in [0.15, 0.2) is 11.6 Å². The van der Waals surface area contributed by atoms with Crippen LogP contribution in [0.15, 0.2) is 30.3 Å². The molecule has 0 saturated carbocycles. The number of amides is 1. The molecule has 168 valence electrons. The Bertz CT molecular complexity index is 995. The summed E-state index contributed by atoms with van der Waals surface area (Å²) < 4.78 is 79.6. The summed E-state index contributed by atoms with van der Waals surface area (Å²) in [5.41, 5.74) is -2.68. The Labute approximate surface area is 186 Å². The van der Waals surface area contributed by atoms with Crippen LogP contribution in [0.1, 0.15) is 10.4 Å². The second-order valence-corrected chi connectivity index (χ2v) is 8.38. The van der Waals surface area contributed by atoms with E-state index in [9.17, 15) is 36.2 Å². The van der Waals surface area contributed by atoms with Crippen molar-refractivity contribution in [1.82, 2.24) is 10.2 Å². The van der Waals surface area contributed by atoms with Crippen molar-refractivity contribution in [2.24, 2.45) is 0 Å². The van der Waals surface area contributed by atoms with Crippen LogP contribution in [0.4, 0.5) is 37.7 Å². The van der Waals surface area contributed by atoms with E-state index in [0.29, 0.717) is 3.57 Å². The molecule has 1 heterocycles. The third-order valence-corrected chi connectivity index (χ3v) is 5.22. The minimum atomic E-state index is -4.45. The molecule has 3 N–H and O–H groups in total. The van der Waals surface area contributed by atoms with Crippen molar-refractivity contribution in [2.75, 3.05) is 31.5 Å². The van der Waals surface area contributed by atoms with Crippen molar-refractivity contribution >= 4 is 39.9 Å². The number of hydrogen-bond donors (Lipinski definition) is 3. The first kappa shape index (κ1) is 23.6. The molecule has 0 bridgehead atoms. The first-order valence-electron chi connectivity index (χ1n) is 8.88. The van der Waals surface area contributed by atoms with E-state index < -0.39 is 53.9 Å². The van der Waals surface area contributed by atoms with Gasteiger partial charge >= 0.3 is 6.18 Å². The Morgan fingerprint density at radius 3 is 2.42 bits per heavy atom. The van der Waals surface area contributed by atoms with Crippen LogP contribution in [0.3, 0.4) is 0 Å². The Morgan fingerprint density at radius 2 is 1.81 bits per heavy atom. The Hall–Kier alpha value is -2.06. The SMILES string of the molecule is O=C(c1ccc(F)c(F)c1Nc1ccc(I)cc1F)N1CC(O)(CNCC(F)(F)F)C1. The van der Waals surface area contributed by atoms with E-state index in [1.54, 1.807) is 0 Å². The fraction of sp³-hybridized carbons (Fsp3) is 0.316. The van der Waals surface area contributed by atoms with Gasteiger partial charge in [-0.3, -0.25) is 4.79 Å². The average molecular weight is 559 g/mol. The van der Waals surface area contributed by atoms with Gasteiger partial charge in [-0.2, -0.15) is 13.2 Å². The second-order valence-electron chi connectivity index (χ2n) is 7.14. The molecule has 1 amide bonds. The highest BCUT2D eigenvalue weighted by Gasteiger charge is 2.44. The summed E-state index contributed by atoms with van der Waals surface area (Å²) in [7, 11) is 0. The molecule has 0 radical (unpaired) electrons. The lowest BCUT2D eigenvalue weighted by Crippen LogP contribution is -2.67. The van der Waals surface area contributed by atoms with Crippen LogP contribution in [0, 0.1) is 21.0 Å². The molecule has 0 atom stereocenters. The fourth-order valence-electron chi connectivity index (χ4n) is 3.10. The van der Waals surface area contributed by atoms with Crippen LogP contribution < -0.4 is 10.6 Å². The third-order valence-electron chi connectivity index (χ3n) is 4.55. The highest BCUT2D eigenvalue weighted by molar-refractivity contribution is 14.1. The molecule has 1 aliphatic heterocycles. The van der Waals surface area contributed by atoms with Crippen molar-refractivity contribution in [3.8, 4) is 0 Å². The molecule has 2 aromatic rings. The molecule has 0 aliphatic carbocycles. The van der Waals surface area contributed by atoms with Crippen molar-refractivity contribution in [1.29, 1.82) is 0 Å². The maximum Gasteiger partial charge on any atom is 0.401 e. The molecule has 5 nitrogen and oxygen atoms in total. The predicted molar refractivity (Wildman–Crippen MR) is 109 cm³/mol. The molecule has 1 fully saturated rings. The number of alkyl halides is 3. The van der Waals surface area contributed by atoms with Gasteiger partial charge in [-0.25, -0.2) is 13.2 Å². The zero-order valence-corrected chi connectivity index (χ0v) is 17.8. The zero-order chi connectivity index (χ0) is 23.0. The van der Waals surface area contributed by atoms with Crippen LogP contribution >= 0.6 is 22.6 Å². The average Bonchev–Trinajstić information content (AvgIpc) is 2.64. The van der Waals surface area contributed by atoms with Gasteiger partial charge in [-0.15, -0.1) is 0 Å². The first-order valence-corrected chi connectivity index (χ1v) is 9.96. The number of β-amino-alcohol motifs (C(OH)–C–C–N with tert-alkyl or cyclic N) is 1. The summed E-state index contributed by atoms with van der Waals surface area (Å²) in [6.07, 6.45) is -4.45. The van der Waals surface area contributed by atoms with E-state index in [0.717, 1.165) is 23.1 Å². The van der Waals surface area contributed by atoms with Gasteiger partial charge in [0.1, 0.15) is 11.4 Å². The second kappa shape index (κ2) is 8.82. The summed E-state index contributed by atoms with van der Waals surface area (Å²) >= 11 is 1.87. The molecule has 1 aliphatic rings. The van der Waals surface area contributed by atoms with Gasteiger partial charge in [0.05, 0.1) is 36.6 Å². The van der Waals surface area contributed by atoms with Crippen LogP contribution in [-0.2, 0) is 0 Å². The van der Waals surface area contributed by atoms with Gasteiger partial charge in [0.2, 0.25) is 0 Å². The number of nitrogens with zero attached hydrogens (tertiary/aromatic N) is 1. The summed E-state index contributed by atoms with van der Waals surface area (Å²) in [4.78, 5) is 13.8. The summed E-state index contributed by atoms with van der Waals surface area (Å²) in [5.74, 6) is -4.20. The first-order chi connectivity index (χ1) is 14.4. The van der Waals surface area contributed by atoms with E-state index in [-0.39, 0.29) is 24.3 Å². The number of benzene rings is 2. The number of carbonyl (C=O) groups is 1. The lowest BCUT2D eigenvalue weighted by Gasteiger charge is -2.46. The molecule has 0 spiro atoms. The van der Waals surface area contributed by atoms with E-state index in [1.807, 2.05) is 22.6 Å². The van der Waals surface area contributed by atoms with Gasteiger partial charge in [-0.05, 0) is 52.9 Å². The largest absolute Gasteiger partial charge is 0.401 e. The highest BCUT2D eigenvalue weighted by Crippen LogP contribution is 2.31. The van der Waals surface area contributed by atoms with Crippen molar-refractivity contribution in [3.63, 3.8) is 0 Å². The Balaban J connectivity index is 1.76. The topological polar surface area (TPSA) is 64.6 Å². The van der Waals surface area contributed by atoms with Crippen molar-refractivity contribution in [2.45, 2.75) is 11.8 Å². The van der Waals surface area contributed by atoms with Crippen LogP contribution in [0.2, 0.25) is 0 Å². The number of anilines is 2. The Kier molecular flexibility index (Phi) is 6.72. The zero-order valence-electron chi connectivity index (χ0n) is 15.7. The number of hydrogen-bond acceptors (Lipinski definition) is 4. The van der Waals surface area contributed by atoms with E-state index in [1.165, 1.54) is 12.1 Å².